The van der Waals surface area contributed by atoms with Gasteiger partial charge in [0.2, 0.25) is 0 Å². The van der Waals surface area contributed by atoms with E-state index < -0.39 is 10.1 Å². The molecule has 1 aromatic rings. The van der Waals surface area contributed by atoms with Crippen molar-refractivity contribution in [3.05, 3.63) is 53.1 Å². The van der Waals surface area contributed by atoms with Crippen molar-refractivity contribution in [2.75, 3.05) is 19.8 Å². The minimum Gasteiger partial charge on any atom is -0.362 e. The number of benzene rings is 1. The third kappa shape index (κ3) is 7.81. The molecule has 0 aromatic heterocycles. The zero-order chi connectivity index (χ0) is 23.0. The number of rotatable bonds is 11. The molecule has 3 rings (SSSR count). The Hall–Kier alpha value is -1.51. The fourth-order valence-corrected chi connectivity index (χ4v) is 4.80. The lowest BCUT2D eigenvalue weighted by Crippen LogP contribution is -2.23. The van der Waals surface area contributed by atoms with E-state index in [1.165, 1.54) is 5.57 Å². The Bertz CT molecular complexity index is 882. The topological polar surface area (TPSA) is 71.1 Å². The molecule has 1 fully saturated rings. The molecule has 0 bridgehead atoms. The summed E-state index contributed by atoms with van der Waals surface area (Å²) < 4.78 is 47.2. The van der Waals surface area contributed by atoms with E-state index in [2.05, 4.69) is 26.0 Å². The molecule has 0 spiro atoms. The largest absolute Gasteiger partial charge is 0.362 e. The standard InChI is InChI=1S/C25H36O6S/c1-19-10-12-23(13-11-19)32(26,27)30-15-7-4-8-24-21(3)17-22(31-24)16-20(2)18-29-25-9-5-6-14-28-25/h10-13,16-17,22,24-25H,4-9,14-15,18H2,1-3H3/b20-16+/t22-,24+,25?/m0/s1. The van der Waals surface area contributed by atoms with E-state index in [0.717, 1.165) is 49.8 Å². The van der Waals surface area contributed by atoms with Crippen molar-refractivity contribution in [2.24, 2.45) is 0 Å². The second-order valence-electron chi connectivity index (χ2n) is 8.71. The Kier molecular flexibility index (Phi) is 9.49. The molecule has 0 saturated carbocycles. The summed E-state index contributed by atoms with van der Waals surface area (Å²) in [5.74, 6) is 0. The van der Waals surface area contributed by atoms with Crippen LogP contribution in [-0.4, -0.2) is 46.7 Å². The number of hydrogen-bond donors (Lipinski definition) is 0. The van der Waals surface area contributed by atoms with Crippen LogP contribution < -0.4 is 0 Å². The van der Waals surface area contributed by atoms with Crippen molar-refractivity contribution < 1.29 is 26.8 Å². The Morgan fingerprint density at radius 2 is 1.94 bits per heavy atom. The van der Waals surface area contributed by atoms with Gasteiger partial charge in [0.1, 0.15) is 0 Å². The van der Waals surface area contributed by atoms with Gasteiger partial charge in [0.25, 0.3) is 10.1 Å². The highest BCUT2D eigenvalue weighted by Gasteiger charge is 2.23. The molecule has 1 saturated heterocycles. The Morgan fingerprint density at radius 1 is 1.16 bits per heavy atom. The van der Waals surface area contributed by atoms with Gasteiger partial charge in [0.05, 0.1) is 30.3 Å². The molecule has 2 aliphatic heterocycles. The van der Waals surface area contributed by atoms with Crippen LogP contribution in [0.3, 0.4) is 0 Å². The molecule has 3 atom stereocenters. The fraction of sp³-hybridized carbons (Fsp3) is 0.600. The van der Waals surface area contributed by atoms with Crippen molar-refractivity contribution in [3.8, 4) is 0 Å². The highest BCUT2D eigenvalue weighted by molar-refractivity contribution is 7.86. The van der Waals surface area contributed by atoms with E-state index in [1.807, 2.05) is 6.92 Å². The van der Waals surface area contributed by atoms with Crippen molar-refractivity contribution in [1.29, 1.82) is 0 Å². The van der Waals surface area contributed by atoms with Crippen molar-refractivity contribution in [3.63, 3.8) is 0 Å². The zero-order valence-electron chi connectivity index (χ0n) is 19.4. The summed E-state index contributed by atoms with van der Waals surface area (Å²) >= 11 is 0. The van der Waals surface area contributed by atoms with Crippen LogP contribution in [0.5, 0.6) is 0 Å². The quantitative estimate of drug-likeness (QED) is 0.259. The fourth-order valence-electron chi connectivity index (χ4n) is 3.85. The first-order valence-corrected chi connectivity index (χ1v) is 12.9. The first-order chi connectivity index (χ1) is 15.3. The van der Waals surface area contributed by atoms with Gasteiger partial charge in [-0.15, -0.1) is 0 Å². The van der Waals surface area contributed by atoms with Gasteiger partial charge < -0.3 is 14.2 Å². The van der Waals surface area contributed by atoms with Crippen LogP contribution in [0, 0.1) is 6.92 Å². The minimum absolute atomic E-state index is 0.0472. The molecule has 0 amide bonds. The summed E-state index contributed by atoms with van der Waals surface area (Å²) in [6.07, 6.45) is 9.73. The van der Waals surface area contributed by atoms with Gasteiger partial charge in [-0.05, 0) is 82.6 Å². The monoisotopic (exact) mass is 464 g/mol. The van der Waals surface area contributed by atoms with Gasteiger partial charge in [0.15, 0.2) is 6.29 Å². The predicted octanol–water partition coefficient (Wildman–Crippen LogP) is 5.07. The molecule has 32 heavy (non-hydrogen) atoms. The summed E-state index contributed by atoms with van der Waals surface area (Å²) in [4.78, 5) is 0.199. The number of aryl methyl sites for hydroxylation is 1. The molecule has 1 aromatic carbocycles. The van der Waals surface area contributed by atoms with E-state index >= 15 is 0 Å². The lowest BCUT2D eigenvalue weighted by Gasteiger charge is -2.23. The smallest absolute Gasteiger partial charge is 0.296 e. The van der Waals surface area contributed by atoms with Gasteiger partial charge in [0, 0.05) is 6.61 Å². The molecular formula is C25H36O6S. The zero-order valence-corrected chi connectivity index (χ0v) is 20.2. The third-order valence-electron chi connectivity index (χ3n) is 5.75. The molecule has 2 aliphatic rings. The van der Waals surface area contributed by atoms with Crippen molar-refractivity contribution in [1.82, 2.24) is 0 Å². The van der Waals surface area contributed by atoms with Crippen LogP contribution in [-0.2, 0) is 28.5 Å². The molecule has 0 aliphatic carbocycles. The minimum atomic E-state index is -3.69. The van der Waals surface area contributed by atoms with Crippen LogP contribution in [0.4, 0.5) is 0 Å². The predicted molar refractivity (Wildman–Crippen MR) is 124 cm³/mol. The molecule has 6 nitrogen and oxygen atoms in total. The Labute approximate surface area is 192 Å². The second-order valence-corrected chi connectivity index (χ2v) is 10.3. The maximum atomic E-state index is 12.2. The van der Waals surface area contributed by atoms with Crippen LogP contribution in [0.15, 0.2) is 52.5 Å². The molecule has 0 N–H and O–H groups in total. The van der Waals surface area contributed by atoms with Gasteiger partial charge in [-0.1, -0.05) is 29.8 Å². The van der Waals surface area contributed by atoms with Crippen molar-refractivity contribution >= 4 is 10.1 Å². The normalized spacial score (nSPS) is 24.5. The summed E-state index contributed by atoms with van der Waals surface area (Å²) in [7, 11) is -3.69. The van der Waals surface area contributed by atoms with Gasteiger partial charge in [-0.25, -0.2) is 0 Å². The number of unbranched alkanes of at least 4 members (excludes halogenated alkanes) is 1. The number of ether oxygens (including phenoxy) is 3. The average Bonchev–Trinajstić information content (AvgIpc) is 3.11. The summed E-state index contributed by atoms with van der Waals surface area (Å²) in [6.45, 7) is 7.56. The van der Waals surface area contributed by atoms with E-state index in [1.54, 1.807) is 24.3 Å². The molecule has 2 heterocycles. The molecule has 178 valence electrons. The van der Waals surface area contributed by atoms with Crippen LogP contribution in [0.25, 0.3) is 0 Å². The van der Waals surface area contributed by atoms with Crippen LogP contribution in [0.1, 0.15) is 57.9 Å². The van der Waals surface area contributed by atoms with Crippen molar-refractivity contribution in [2.45, 2.75) is 82.7 Å². The lowest BCUT2D eigenvalue weighted by molar-refractivity contribution is -0.156. The van der Waals surface area contributed by atoms with Crippen LogP contribution >= 0.6 is 0 Å². The van der Waals surface area contributed by atoms with Gasteiger partial charge in [-0.3, -0.25) is 4.18 Å². The molecule has 7 heteroatoms. The summed E-state index contributed by atoms with van der Waals surface area (Å²) in [6, 6.07) is 6.69. The first kappa shape index (κ1) is 25.1. The maximum absolute atomic E-state index is 12.2. The van der Waals surface area contributed by atoms with Gasteiger partial charge >= 0.3 is 0 Å². The SMILES string of the molecule is CC1=C[C@H](/C=C(\C)COC2CCCCO2)O[C@@H]1CCCCOS(=O)(=O)c1ccc(C)cc1. The first-order valence-electron chi connectivity index (χ1n) is 11.5. The van der Waals surface area contributed by atoms with Gasteiger partial charge in [-0.2, -0.15) is 8.42 Å². The van der Waals surface area contributed by atoms with E-state index in [9.17, 15) is 8.42 Å². The number of hydrogen-bond acceptors (Lipinski definition) is 6. The highest BCUT2D eigenvalue weighted by atomic mass is 32.2. The second kappa shape index (κ2) is 12.1. The Morgan fingerprint density at radius 3 is 2.66 bits per heavy atom. The van der Waals surface area contributed by atoms with E-state index in [0.29, 0.717) is 13.0 Å². The summed E-state index contributed by atoms with van der Waals surface area (Å²) in [5, 5.41) is 0. The molecule has 1 unspecified atom stereocenters. The average molecular weight is 465 g/mol. The maximum Gasteiger partial charge on any atom is 0.296 e. The molecule has 0 radical (unpaired) electrons. The van der Waals surface area contributed by atoms with E-state index in [-0.39, 0.29) is 30.0 Å². The van der Waals surface area contributed by atoms with E-state index in [4.69, 9.17) is 18.4 Å². The lowest BCUT2D eigenvalue weighted by atomic mass is 10.1. The Balaban J connectivity index is 1.34. The highest BCUT2D eigenvalue weighted by Crippen LogP contribution is 2.25. The van der Waals surface area contributed by atoms with Crippen LogP contribution in [0.2, 0.25) is 0 Å². The third-order valence-corrected chi connectivity index (χ3v) is 7.08. The molecular weight excluding hydrogens is 428 g/mol. The summed E-state index contributed by atoms with van der Waals surface area (Å²) in [5.41, 5.74) is 3.35.